The predicted molar refractivity (Wildman–Crippen MR) is 86.2 cm³/mol. The summed E-state index contributed by atoms with van der Waals surface area (Å²) in [7, 11) is 0. The summed E-state index contributed by atoms with van der Waals surface area (Å²) in [6.45, 7) is 2.25. The number of rotatable bonds is 4. The summed E-state index contributed by atoms with van der Waals surface area (Å²) in [5, 5.41) is 0. The lowest BCUT2D eigenvalue weighted by molar-refractivity contribution is 0.287. The first kappa shape index (κ1) is 15.0. The third-order valence-corrected chi connectivity index (χ3v) is 4.53. The quantitative estimate of drug-likeness (QED) is 0.905. The highest BCUT2D eigenvalue weighted by molar-refractivity contribution is 5.41. The molecule has 0 aromatic heterocycles. The summed E-state index contributed by atoms with van der Waals surface area (Å²) in [6, 6.07) is 13.3. The molecule has 1 fully saturated rings. The second-order valence-electron chi connectivity index (χ2n) is 6.24. The summed E-state index contributed by atoms with van der Waals surface area (Å²) in [5.74, 6) is 0.0110. The Kier molecular flexibility index (Phi) is 4.16. The molecule has 0 atom stereocenters. The molecule has 116 valence electrons. The molecule has 0 unspecified atom stereocenters. The van der Waals surface area contributed by atoms with E-state index in [9.17, 15) is 4.39 Å². The largest absolute Gasteiger partial charge is 0.486 e. The molecule has 0 heterocycles. The highest BCUT2D eigenvalue weighted by Crippen LogP contribution is 2.38. The smallest absolute Gasteiger partial charge is 0.165 e. The first-order valence-electron chi connectivity index (χ1n) is 7.85. The molecule has 0 amide bonds. The van der Waals surface area contributed by atoms with E-state index in [0.29, 0.717) is 12.4 Å². The Balaban J connectivity index is 1.81. The van der Waals surface area contributed by atoms with Gasteiger partial charge in [-0.15, -0.1) is 0 Å². The van der Waals surface area contributed by atoms with Gasteiger partial charge in [0.2, 0.25) is 0 Å². The van der Waals surface area contributed by atoms with E-state index in [4.69, 9.17) is 10.5 Å². The van der Waals surface area contributed by atoms with Gasteiger partial charge in [-0.3, -0.25) is 0 Å². The molecule has 0 aliphatic heterocycles. The van der Waals surface area contributed by atoms with E-state index in [1.807, 2.05) is 43.3 Å². The van der Waals surface area contributed by atoms with Crippen LogP contribution in [-0.4, -0.2) is 0 Å². The van der Waals surface area contributed by atoms with Gasteiger partial charge in [0.25, 0.3) is 0 Å². The Labute approximate surface area is 131 Å². The van der Waals surface area contributed by atoms with Crippen LogP contribution in [0.15, 0.2) is 42.5 Å². The first-order valence-corrected chi connectivity index (χ1v) is 7.85. The van der Waals surface area contributed by atoms with Crippen LogP contribution in [0.4, 0.5) is 4.39 Å². The molecule has 2 nitrogen and oxygen atoms in total. The molecular weight excluding hydrogens is 277 g/mol. The topological polar surface area (TPSA) is 35.2 Å². The van der Waals surface area contributed by atoms with E-state index in [-0.39, 0.29) is 11.4 Å². The van der Waals surface area contributed by atoms with Crippen molar-refractivity contribution in [3.8, 4) is 5.75 Å². The van der Waals surface area contributed by atoms with E-state index < -0.39 is 0 Å². The average Bonchev–Trinajstić information content (AvgIpc) is 2.95. The molecule has 3 rings (SSSR count). The van der Waals surface area contributed by atoms with Gasteiger partial charge in [-0.05, 0) is 42.5 Å². The van der Waals surface area contributed by atoms with Crippen molar-refractivity contribution in [3.63, 3.8) is 0 Å². The molecule has 0 saturated heterocycles. The maximum atomic E-state index is 14.5. The number of aryl methyl sites for hydroxylation is 1. The molecule has 0 bridgehead atoms. The third kappa shape index (κ3) is 3.00. The summed E-state index contributed by atoms with van der Waals surface area (Å²) >= 11 is 0. The van der Waals surface area contributed by atoms with Gasteiger partial charge in [0.1, 0.15) is 6.61 Å². The maximum Gasteiger partial charge on any atom is 0.165 e. The van der Waals surface area contributed by atoms with E-state index in [1.54, 1.807) is 6.07 Å². The molecule has 2 N–H and O–H groups in total. The van der Waals surface area contributed by atoms with Crippen LogP contribution < -0.4 is 10.5 Å². The lowest BCUT2D eigenvalue weighted by Gasteiger charge is -2.25. The van der Waals surface area contributed by atoms with Crippen LogP contribution in [0.3, 0.4) is 0 Å². The van der Waals surface area contributed by atoms with E-state index in [1.165, 1.54) is 0 Å². The molecule has 0 radical (unpaired) electrons. The van der Waals surface area contributed by atoms with Gasteiger partial charge in [0.05, 0.1) is 0 Å². The second kappa shape index (κ2) is 6.09. The highest BCUT2D eigenvalue weighted by Gasteiger charge is 2.32. The van der Waals surface area contributed by atoms with Gasteiger partial charge >= 0.3 is 0 Å². The maximum absolute atomic E-state index is 14.5. The first-order chi connectivity index (χ1) is 10.6. The normalized spacial score (nSPS) is 16.7. The summed E-state index contributed by atoms with van der Waals surface area (Å²) in [6.07, 6.45) is 4.08. The summed E-state index contributed by atoms with van der Waals surface area (Å²) < 4.78 is 20.1. The van der Waals surface area contributed by atoms with E-state index in [0.717, 1.165) is 42.4 Å². The highest BCUT2D eigenvalue weighted by atomic mass is 19.1. The van der Waals surface area contributed by atoms with Crippen LogP contribution >= 0.6 is 0 Å². The zero-order valence-corrected chi connectivity index (χ0v) is 12.9. The van der Waals surface area contributed by atoms with Crippen LogP contribution in [0, 0.1) is 12.7 Å². The minimum atomic E-state index is -0.371. The molecule has 1 aliphatic rings. The molecule has 1 saturated carbocycles. The minimum Gasteiger partial charge on any atom is -0.486 e. The molecule has 3 heteroatoms. The second-order valence-corrected chi connectivity index (χ2v) is 6.24. The van der Waals surface area contributed by atoms with Gasteiger partial charge in [-0.1, -0.05) is 49.2 Å². The van der Waals surface area contributed by atoms with Crippen molar-refractivity contribution in [3.05, 3.63) is 65.0 Å². The molecule has 2 aromatic rings. The molecular formula is C19H22FNO. The van der Waals surface area contributed by atoms with Crippen molar-refractivity contribution in [2.75, 3.05) is 0 Å². The van der Waals surface area contributed by atoms with Crippen molar-refractivity contribution < 1.29 is 9.13 Å². The van der Waals surface area contributed by atoms with Crippen LogP contribution in [-0.2, 0) is 12.1 Å². The Morgan fingerprint density at radius 3 is 2.45 bits per heavy atom. The van der Waals surface area contributed by atoms with Crippen LogP contribution in [0.1, 0.15) is 42.4 Å². The fourth-order valence-corrected chi connectivity index (χ4v) is 3.23. The van der Waals surface area contributed by atoms with Crippen molar-refractivity contribution in [2.24, 2.45) is 5.73 Å². The Morgan fingerprint density at radius 2 is 1.82 bits per heavy atom. The zero-order valence-electron chi connectivity index (χ0n) is 12.9. The number of halogens is 1. The SMILES string of the molecule is Cc1cc(C2(N)CCCC2)cc(F)c1OCc1ccccc1. The molecule has 22 heavy (non-hydrogen) atoms. The van der Waals surface area contributed by atoms with Crippen molar-refractivity contribution in [2.45, 2.75) is 44.8 Å². The zero-order chi connectivity index (χ0) is 15.6. The number of hydrogen-bond donors (Lipinski definition) is 1. The van der Waals surface area contributed by atoms with Crippen LogP contribution in [0.5, 0.6) is 5.75 Å². The van der Waals surface area contributed by atoms with Crippen LogP contribution in [0.25, 0.3) is 0 Å². The number of ether oxygens (including phenoxy) is 1. The van der Waals surface area contributed by atoms with Crippen molar-refractivity contribution >= 4 is 0 Å². The lowest BCUT2D eigenvalue weighted by atomic mass is 9.88. The van der Waals surface area contributed by atoms with Gasteiger partial charge in [-0.2, -0.15) is 0 Å². The van der Waals surface area contributed by atoms with Gasteiger partial charge in [0, 0.05) is 5.54 Å². The fourth-order valence-electron chi connectivity index (χ4n) is 3.23. The van der Waals surface area contributed by atoms with E-state index in [2.05, 4.69) is 0 Å². The minimum absolute atomic E-state index is 0.317. The van der Waals surface area contributed by atoms with Crippen molar-refractivity contribution in [1.82, 2.24) is 0 Å². The summed E-state index contributed by atoms with van der Waals surface area (Å²) in [5.41, 5.74) is 8.78. The summed E-state index contributed by atoms with van der Waals surface area (Å²) in [4.78, 5) is 0. The number of benzene rings is 2. The monoisotopic (exact) mass is 299 g/mol. The number of nitrogens with two attached hydrogens (primary N) is 1. The molecule has 1 aliphatic carbocycles. The predicted octanol–water partition coefficient (Wildman–Crippen LogP) is 4.44. The fraction of sp³-hybridized carbons (Fsp3) is 0.368. The van der Waals surface area contributed by atoms with Gasteiger partial charge in [0.15, 0.2) is 11.6 Å². The van der Waals surface area contributed by atoms with Gasteiger partial charge < -0.3 is 10.5 Å². The Bertz CT molecular complexity index is 625. The third-order valence-electron chi connectivity index (χ3n) is 4.53. The van der Waals surface area contributed by atoms with E-state index >= 15 is 0 Å². The Hall–Kier alpha value is -1.87. The molecule has 0 spiro atoms. The lowest BCUT2D eigenvalue weighted by Crippen LogP contribution is -2.33. The van der Waals surface area contributed by atoms with Crippen molar-refractivity contribution in [1.29, 1.82) is 0 Å². The van der Waals surface area contributed by atoms with Gasteiger partial charge in [-0.25, -0.2) is 4.39 Å². The number of hydrogen-bond acceptors (Lipinski definition) is 2. The standard InChI is InChI=1S/C19H22FNO/c1-14-11-16(19(21)9-5-6-10-19)12-17(20)18(14)22-13-15-7-3-2-4-8-15/h2-4,7-8,11-12H,5-6,9-10,13,21H2,1H3. The average molecular weight is 299 g/mol. The molecule has 2 aromatic carbocycles. The van der Waals surface area contributed by atoms with Crippen LogP contribution in [0.2, 0.25) is 0 Å². The Morgan fingerprint density at radius 1 is 1.14 bits per heavy atom.